The summed E-state index contributed by atoms with van der Waals surface area (Å²) >= 11 is 9.69. The fourth-order valence-electron chi connectivity index (χ4n) is 4.21. The first kappa shape index (κ1) is 24.7. The van der Waals surface area contributed by atoms with E-state index in [9.17, 15) is 14.4 Å². The lowest BCUT2D eigenvalue weighted by Gasteiger charge is -2.27. The number of barbiturate groups is 1. The van der Waals surface area contributed by atoms with Crippen molar-refractivity contribution in [3.8, 4) is 5.75 Å². The third-order valence-corrected chi connectivity index (χ3v) is 6.92. The second-order valence-electron chi connectivity index (χ2n) is 8.47. The molecule has 0 aliphatic carbocycles. The number of halogens is 2. The predicted molar refractivity (Wildman–Crippen MR) is 148 cm³/mol. The Morgan fingerprint density at radius 3 is 2.51 bits per heavy atom. The van der Waals surface area contributed by atoms with Crippen LogP contribution in [0.4, 0.5) is 10.5 Å². The summed E-state index contributed by atoms with van der Waals surface area (Å²) in [5, 5.41) is 4.56. The molecule has 37 heavy (non-hydrogen) atoms. The van der Waals surface area contributed by atoms with Crippen LogP contribution < -0.4 is 15.0 Å². The number of carbonyl (C=O) groups is 3. The Labute approximate surface area is 226 Å². The quantitative estimate of drug-likeness (QED) is 0.210. The molecule has 0 saturated carbocycles. The molecule has 0 bridgehead atoms. The molecule has 4 aromatic rings. The van der Waals surface area contributed by atoms with Crippen molar-refractivity contribution < 1.29 is 19.1 Å². The zero-order valence-corrected chi connectivity index (χ0v) is 22.0. The van der Waals surface area contributed by atoms with Gasteiger partial charge in [0.25, 0.3) is 11.8 Å². The summed E-state index contributed by atoms with van der Waals surface area (Å²) < 4.78 is 6.94. The summed E-state index contributed by atoms with van der Waals surface area (Å²) in [5.74, 6) is -1.02. The van der Waals surface area contributed by atoms with E-state index in [2.05, 4.69) is 21.2 Å². The number of urea groups is 1. The Bertz CT molecular complexity index is 1620. The van der Waals surface area contributed by atoms with Crippen molar-refractivity contribution in [2.45, 2.75) is 13.5 Å². The van der Waals surface area contributed by atoms with Crippen LogP contribution in [0.25, 0.3) is 16.8 Å². The lowest BCUT2D eigenvalue weighted by atomic mass is 9.99. The highest BCUT2D eigenvalue weighted by atomic mass is 79.9. The lowest BCUT2D eigenvalue weighted by Crippen LogP contribution is -2.54. The van der Waals surface area contributed by atoms with E-state index in [-0.39, 0.29) is 12.2 Å². The summed E-state index contributed by atoms with van der Waals surface area (Å²) in [7, 11) is 0. The van der Waals surface area contributed by atoms with Gasteiger partial charge in [0.2, 0.25) is 0 Å². The minimum Gasteiger partial charge on any atom is -0.488 e. The van der Waals surface area contributed by atoms with Crippen molar-refractivity contribution in [1.29, 1.82) is 0 Å². The zero-order valence-electron chi connectivity index (χ0n) is 19.6. The molecule has 184 valence electrons. The summed E-state index contributed by atoms with van der Waals surface area (Å²) in [5.41, 5.74) is 2.24. The van der Waals surface area contributed by atoms with Gasteiger partial charge in [-0.05, 0) is 59.7 Å². The molecule has 0 atom stereocenters. The van der Waals surface area contributed by atoms with Gasteiger partial charge in [0.05, 0.1) is 5.69 Å². The molecule has 1 fully saturated rings. The zero-order chi connectivity index (χ0) is 26.1. The van der Waals surface area contributed by atoms with Crippen LogP contribution in [0.15, 0.2) is 88.9 Å². The molecular weight excluding hydrogens is 556 g/mol. The molecule has 5 rings (SSSR count). The standard InChI is InChI=1S/C29H20BrClN2O4/c1-17-14-20(30)11-12-25(17)33-28(35)23(27(34)32-29(33)36)15-22-21-8-4-2-6-18(21)10-13-26(22)37-16-19-7-3-5-9-24(19)31/h2-15H,16H2,1H3,(H,32,34,36)/b23-15-. The van der Waals surface area contributed by atoms with E-state index in [4.69, 9.17) is 16.3 Å². The van der Waals surface area contributed by atoms with E-state index in [1.807, 2.05) is 48.5 Å². The molecule has 1 heterocycles. The van der Waals surface area contributed by atoms with E-state index in [1.165, 1.54) is 6.08 Å². The number of hydrogen-bond acceptors (Lipinski definition) is 4. The molecular formula is C29H20BrClN2O4. The Hall–Kier alpha value is -3.94. The van der Waals surface area contributed by atoms with Crippen LogP contribution in [0, 0.1) is 6.92 Å². The lowest BCUT2D eigenvalue weighted by molar-refractivity contribution is -0.122. The molecule has 1 aliphatic heterocycles. The van der Waals surface area contributed by atoms with Crippen LogP contribution >= 0.6 is 27.5 Å². The molecule has 0 spiro atoms. The van der Waals surface area contributed by atoms with E-state index in [1.54, 1.807) is 37.3 Å². The highest BCUT2D eigenvalue weighted by Gasteiger charge is 2.37. The Balaban J connectivity index is 1.60. The highest BCUT2D eigenvalue weighted by Crippen LogP contribution is 2.33. The fourth-order valence-corrected chi connectivity index (χ4v) is 4.88. The van der Waals surface area contributed by atoms with Crippen LogP contribution in [0.5, 0.6) is 5.75 Å². The van der Waals surface area contributed by atoms with Crippen LogP contribution in [-0.2, 0) is 16.2 Å². The third kappa shape index (κ3) is 4.88. The summed E-state index contributed by atoms with van der Waals surface area (Å²) in [6, 6.07) is 23.0. The van der Waals surface area contributed by atoms with Gasteiger partial charge < -0.3 is 4.74 Å². The number of benzene rings is 4. The number of ether oxygens (including phenoxy) is 1. The maximum Gasteiger partial charge on any atom is 0.335 e. The number of nitrogens with zero attached hydrogens (tertiary/aromatic N) is 1. The maximum absolute atomic E-state index is 13.6. The molecule has 8 heteroatoms. The Morgan fingerprint density at radius 2 is 1.73 bits per heavy atom. The topological polar surface area (TPSA) is 75.7 Å². The molecule has 4 aromatic carbocycles. The highest BCUT2D eigenvalue weighted by molar-refractivity contribution is 9.10. The van der Waals surface area contributed by atoms with Gasteiger partial charge in [0, 0.05) is 20.6 Å². The SMILES string of the molecule is Cc1cc(Br)ccc1N1C(=O)NC(=O)/C(=C/c2c(OCc3ccccc3Cl)ccc3ccccc23)C1=O. The average molecular weight is 576 g/mol. The first-order valence-corrected chi connectivity index (χ1v) is 12.6. The van der Waals surface area contributed by atoms with Crippen molar-refractivity contribution in [2.75, 3.05) is 4.90 Å². The molecule has 0 unspecified atom stereocenters. The molecule has 1 aliphatic rings. The first-order chi connectivity index (χ1) is 17.8. The number of carbonyl (C=O) groups excluding carboxylic acids is 3. The van der Waals surface area contributed by atoms with E-state index in [0.29, 0.717) is 27.6 Å². The van der Waals surface area contributed by atoms with Gasteiger partial charge in [-0.3, -0.25) is 14.9 Å². The van der Waals surface area contributed by atoms with Gasteiger partial charge in [-0.1, -0.05) is 76.1 Å². The van der Waals surface area contributed by atoms with Gasteiger partial charge in [0.15, 0.2) is 0 Å². The largest absolute Gasteiger partial charge is 0.488 e. The second kappa shape index (κ2) is 10.2. The second-order valence-corrected chi connectivity index (χ2v) is 9.79. The summed E-state index contributed by atoms with van der Waals surface area (Å²) in [4.78, 5) is 40.2. The van der Waals surface area contributed by atoms with Crippen molar-refractivity contribution in [1.82, 2.24) is 5.32 Å². The van der Waals surface area contributed by atoms with Crippen molar-refractivity contribution >= 4 is 67.9 Å². The summed E-state index contributed by atoms with van der Waals surface area (Å²) in [6.07, 6.45) is 1.48. The number of fused-ring (bicyclic) bond motifs is 1. The fraction of sp³-hybridized carbons (Fsp3) is 0.0690. The minimum absolute atomic E-state index is 0.180. The monoisotopic (exact) mass is 574 g/mol. The van der Waals surface area contributed by atoms with E-state index >= 15 is 0 Å². The van der Waals surface area contributed by atoms with Crippen LogP contribution in [-0.4, -0.2) is 17.8 Å². The number of hydrogen-bond donors (Lipinski definition) is 1. The number of nitrogens with one attached hydrogen (secondary N) is 1. The molecule has 4 amide bonds. The summed E-state index contributed by atoms with van der Waals surface area (Å²) in [6.45, 7) is 1.98. The molecule has 0 aromatic heterocycles. The van der Waals surface area contributed by atoms with Crippen molar-refractivity contribution in [2.24, 2.45) is 0 Å². The number of amides is 4. The van der Waals surface area contributed by atoms with E-state index < -0.39 is 17.8 Å². The van der Waals surface area contributed by atoms with E-state index in [0.717, 1.165) is 25.7 Å². The Morgan fingerprint density at radius 1 is 0.973 bits per heavy atom. The molecule has 1 N–H and O–H groups in total. The van der Waals surface area contributed by atoms with Crippen LogP contribution in [0.1, 0.15) is 16.7 Å². The average Bonchev–Trinajstić information content (AvgIpc) is 2.87. The Kier molecular flexibility index (Phi) is 6.82. The van der Waals surface area contributed by atoms with Gasteiger partial charge in [-0.25, -0.2) is 9.69 Å². The molecule has 0 radical (unpaired) electrons. The molecule has 6 nitrogen and oxygen atoms in total. The third-order valence-electron chi connectivity index (χ3n) is 6.06. The van der Waals surface area contributed by atoms with Crippen molar-refractivity contribution in [3.63, 3.8) is 0 Å². The smallest absolute Gasteiger partial charge is 0.335 e. The predicted octanol–water partition coefficient (Wildman–Crippen LogP) is 6.81. The normalized spacial score (nSPS) is 14.8. The van der Waals surface area contributed by atoms with Gasteiger partial charge in [-0.2, -0.15) is 0 Å². The number of rotatable bonds is 5. The number of anilines is 1. The number of imide groups is 2. The van der Waals surface area contributed by atoms with Gasteiger partial charge >= 0.3 is 6.03 Å². The van der Waals surface area contributed by atoms with Crippen LogP contribution in [0.2, 0.25) is 5.02 Å². The van der Waals surface area contributed by atoms with Crippen molar-refractivity contribution in [3.05, 3.63) is 111 Å². The molecule has 1 saturated heterocycles. The first-order valence-electron chi connectivity index (χ1n) is 11.4. The van der Waals surface area contributed by atoms with Gasteiger partial charge in [0.1, 0.15) is 17.9 Å². The maximum atomic E-state index is 13.6. The number of aryl methyl sites for hydroxylation is 1. The van der Waals surface area contributed by atoms with Gasteiger partial charge in [-0.15, -0.1) is 0 Å². The van der Waals surface area contributed by atoms with Crippen LogP contribution in [0.3, 0.4) is 0 Å². The minimum atomic E-state index is -0.800.